The maximum atomic E-state index is 12.0. The molecular weight excluding hydrogens is 336 g/mol. The Hall–Kier alpha value is -2.07. The minimum atomic E-state index is -0.272. The van der Waals surface area contributed by atoms with Crippen molar-refractivity contribution < 1.29 is 9.63 Å². The standard InChI is InChI=1S/C20H23ClN2O2/c1-2-17-19(23-25-20(17)24)18(13-14-7-5-3-4-6-8-14)22-16-11-9-15(21)10-12-16/h3,5,7,9-12,17-18,22H,2,4,6,8,13H2,1H3/t17?,18-/m1/s1. The SMILES string of the molecule is CCC1C(=O)ON=C1[C@@H](CC1=CC=CCCC1)Nc1ccc(Cl)cc1. The molecule has 4 nitrogen and oxygen atoms in total. The lowest BCUT2D eigenvalue weighted by molar-refractivity contribution is -0.143. The van der Waals surface area contributed by atoms with Crippen LogP contribution < -0.4 is 5.32 Å². The zero-order valence-electron chi connectivity index (χ0n) is 14.4. The van der Waals surface area contributed by atoms with Crippen molar-refractivity contribution in [2.24, 2.45) is 11.1 Å². The van der Waals surface area contributed by atoms with E-state index in [1.165, 1.54) is 5.57 Å². The molecule has 1 N–H and O–H groups in total. The fourth-order valence-electron chi connectivity index (χ4n) is 3.27. The second kappa shape index (κ2) is 8.34. The number of hydrogen-bond donors (Lipinski definition) is 1. The first-order valence-corrected chi connectivity index (χ1v) is 9.20. The molecule has 3 rings (SSSR count). The van der Waals surface area contributed by atoms with E-state index in [9.17, 15) is 4.79 Å². The van der Waals surface area contributed by atoms with Gasteiger partial charge in [0.2, 0.25) is 0 Å². The summed E-state index contributed by atoms with van der Waals surface area (Å²) in [6, 6.07) is 7.51. The zero-order valence-corrected chi connectivity index (χ0v) is 15.1. The zero-order chi connectivity index (χ0) is 17.6. The van der Waals surface area contributed by atoms with Crippen LogP contribution in [0.3, 0.4) is 0 Å². The molecule has 132 valence electrons. The van der Waals surface area contributed by atoms with Crippen molar-refractivity contribution in [2.45, 2.75) is 45.1 Å². The maximum absolute atomic E-state index is 12.0. The molecule has 0 spiro atoms. The van der Waals surface area contributed by atoms with Gasteiger partial charge >= 0.3 is 5.97 Å². The largest absolute Gasteiger partial charge is 0.377 e. The van der Waals surface area contributed by atoms with E-state index in [4.69, 9.17) is 16.4 Å². The normalized spacial score (nSPS) is 21.2. The lowest BCUT2D eigenvalue weighted by Gasteiger charge is -2.23. The van der Waals surface area contributed by atoms with Crippen molar-refractivity contribution >= 4 is 29.0 Å². The minimum Gasteiger partial charge on any atom is -0.377 e. The van der Waals surface area contributed by atoms with Gasteiger partial charge in [0.15, 0.2) is 0 Å². The molecule has 0 bridgehead atoms. The first kappa shape index (κ1) is 17.7. The van der Waals surface area contributed by atoms with Crippen LogP contribution in [0.1, 0.15) is 39.0 Å². The molecule has 0 saturated carbocycles. The molecule has 0 saturated heterocycles. The fourth-order valence-corrected chi connectivity index (χ4v) is 3.39. The Morgan fingerprint density at radius 1 is 1.36 bits per heavy atom. The number of nitrogens with zero attached hydrogens (tertiary/aromatic N) is 1. The van der Waals surface area contributed by atoms with Gasteiger partial charge in [-0.3, -0.25) is 0 Å². The van der Waals surface area contributed by atoms with E-state index >= 15 is 0 Å². The van der Waals surface area contributed by atoms with E-state index in [0.717, 1.165) is 37.1 Å². The highest BCUT2D eigenvalue weighted by Crippen LogP contribution is 2.27. The highest BCUT2D eigenvalue weighted by Gasteiger charge is 2.36. The van der Waals surface area contributed by atoms with E-state index < -0.39 is 0 Å². The highest BCUT2D eigenvalue weighted by atomic mass is 35.5. The smallest absolute Gasteiger partial charge is 0.343 e. The first-order valence-electron chi connectivity index (χ1n) is 8.82. The third-order valence-electron chi connectivity index (χ3n) is 4.64. The summed E-state index contributed by atoms with van der Waals surface area (Å²) in [6.45, 7) is 1.99. The number of rotatable bonds is 6. The van der Waals surface area contributed by atoms with E-state index in [-0.39, 0.29) is 17.9 Å². The fraction of sp³-hybridized carbons (Fsp3) is 0.400. The third-order valence-corrected chi connectivity index (χ3v) is 4.89. The summed E-state index contributed by atoms with van der Waals surface area (Å²) in [4.78, 5) is 16.9. The molecule has 2 atom stereocenters. The topological polar surface area (TPSA) is 50.7 Å². The van der Waals surface area contributed by atoms with Gasteiger partial charge < -0.3 is 10.2 Å². The molecule has 0 radical (unpaired) electrons. The number of carbonyl (C=O) groups excluding carboxylic acids is 1. The molecular formula is C20H23ClN2O2. The Balaban J connectivity index is 1.82. The van der Waals surface area contributed by atoms with Crippen molar-refractivity contribution in [1.82, 2.24) is 0 Å². The van der Waals surface area contributed by atoms with E-state index in [1.54, 1.807) is 0 Å². The molecule has 1 heterocycles. The van der Waals surface area contributed by atoms with Gasteiger partial charge in [-0.1, -0.05) is 47.5 Å². The Bertz CT molecular complexity index is 707. The molecule has 0 aromatic heterocycles. The third kappa shape index (κ3) is 4.51. The summed E-state index contributed by atoms with van der Waals surface area (Å²) in [7, 11) is 0. The van der Waals surface area contributed by atoms with Crippen LogP contribution >= 0.6 is 11.6 Å². The van der Waals surface area contributed by atoms with Gasteiger partial charge in [-0.25, -0.2) is 4.79 Å². The summed E-state index contributed by atoms with van der Waals surface area (Å²) in [6.07, 6.45) is 11.3. The molecule has 1 aliphatic heterocycles. The van der Waals surface area contributed by atoms with Crippen molar-refractivity contribution in [3.63, 3.8) is 0 Å². The molecule has 5 heteroatoms. The second-order valence-electron chi connectivity index (χ2n) is 6.44. The lowest BCUT2D eigenvalue weighted by Crippen LogP contribution is -2.35. The van der Waals surface area contributed by atoms with Crippen molar-refractivity contribution in [3.8, 4) is 0 Å². The van der Waals surface area contributed by atoms with E-state index in [1.807, 2.05) is 31.2 Å². The number of hydrogen-bond acceptors (Lipinski definition) is 4. The number of carbonyl (C=O) groups is 1. The minimum absolute atomic E-state index is 0.0738. The molecule has 0 fully saturated rings. The van der Waals surface area contributed by atoms with Crippen molar-refractivity contribution in [2.75, 3.05) is 5.32 Å². The van der Waals surface area contributed by atoms with Gasteiger partial charge in [-0.2, -0.15) is 0 Å². The predicted molar refractivity (Wildman–Crippen MR) is 102 cm³/mol. The molecule has 1 unspecified atom stereocenters. The Morgan fingerprint density at radius 3 is 2.92 bits per heavy atom. The molecule has 1 aromatic carbocycles. The van der Waals surface area contributed by atoms with Gasteiger partial charge in [0.25, 0.3) is 0 Å². The monoisotopic (exact) mass is 358 g/mol. The summed E-state index contributed by atoms with van der Waals surface area (Å²) in [5.41, 5.74) is 3.10. The average molecular weight is 359 g/mol. The average Bonchev–Trinajstić information content (AvgIpc) is 2.81. The Morgan fingerprint density at radius 2 is 2.16 bits per heavy atom. The van der Waals surface area contributed by atoms with Gasteiger partial charge in [0, 0.05) is 10.7 Å². The van der Waals surface area contributed by atoms with Crippen LogP contribution in [0.5, 0.6) is 0 Å². The Kier molecular flexibility index (Phi) is 5.92. The summed E-state index contributed by atoms with van der Waals surface area (Å²) >= 11 is 5.98. The number of halogens is 1. The van der Waals surface area contributed by atoms with Crippen LogP contribution in [0.15, 0.2) is 53.2 Å². The van der Waals surface area contributed by atoms with Crippen LogP contribution in [0.4, 0.5) is 5.69 Å². The van der Waals surface area contributed by atoms with Crippen molar-refractivity contribution in [1.29, 1.82) is 0 Å². The van der Waals surface area contributed by atoms with Crippen LogP contribution in [0.25, 0.3) is 0 Å². The molecule has 1 aliphatic carbocycles. The van der Waals surface area contributed by atoms with E-state index in [2.05, 4.69) is 28.7 Å². The molecule has 0 amide bonds. The van der Waals surface area contributed by atoms with E-state index in [0.29, 0.717) is 11.4 Å². The Labute approximate surface area is 153 Å². The summed E-state index contributed by atoms with van der Waals surface area (Å²) in [5.74, 6) is -0.526. The van der Waals surface area contributed by atoms with Crippen molar-refractivity contribution in [3.05, 3.63) is 53.1 Å². The predicted octanol–water partition coefficient (Wildman–Crippen LogP) is 5.12. The summed E-state index contributed by atoms with van der Waals surface area (Å²) in [5, 5.41) is 8.32. The quantitative estimate of drug-likeness (QED) is 0.718. The molecule has 1 aromatic rings. The number of allylic oxidation sites excluding steroid dienone is 3. The van der Waals surface area contributed by atoms with Crippen LogP contribution in [0, 0.1) is 5.92 Å². The van der Waals surface area contributed by atoms with Crippen LogP contribution in [0.2, 0.25) is 5.02 Å². The highest BCUT2D eigenvalue weighted by molar-refractivity contribution is 6.30. The van der Waals surface area contributed by atoms with Gasteiger partial charge in [-0.15, -0.1) is 0 Å². The van der Waals surface area contributed by atoms with Gasteiger partial charge in [0.05, 0.1) is 11.8 Å². The number of benzene rings is 1. The molecule has 2 aliphatic rings. The number of anilines is 1. The lowest BCUT2D eigenvalue weighted by atomic mass is 9.90. The van der Waals surface area contributed by atoms with Crippen LogP contribution in [-0.2, 0) is 9.63 Å². The maximum Gasteiger partial charge on any atom is 0.343 e. The molecule has 25 heavy (non-hydrogen) atoms. The number of oxime groups is 1. The van der Waals surface area contributed by atoms with Gasteiger partial charge in [0.1, 0.15) is 5.92 Å². The summed E-state index contributed by atoms with van der Waals surface area (Å²) < 4.78 is 0. The first-order chi connectivity index (χ1) is 12.2. The second-order valence-corrected chi connectivity index (χ2v) is 6.88. The van der Waals surface area contributed by atoms with Crippen LogP contribution in [-0.4, -0.2) is 17.7 Å². The van der Waals surface area contributed by atoms with Gasteiger partial charge in [-0.05, 0) is 56.4 Å². The number of nitrogens with one attached hydrogen (secondary N) is 1.